The zero-order valence-corrected chi connectivity index (χ0v) is 13.6. The number of pyridine rings is 2. The second-order valence-corrected chi connectivity index (χ2v) is 5.40. The Kier molecular flexibility index (Phi) is 4.17. The number of carbonyl (C=O) groups excluding carboxylic acids is 1. The minimum Gasteiger partial charge on any atom is -0.348 e. The van der Waals surface area contributed by atoms with Crippen LogP contribution in [0.4, 0.5) is 0 Å². The van der Waals surface area contributed by atoms with Crippen molar-refractivity contribution in [1.82, 2.24) is 39.8 Å². The van der Waals surface area contributed by atoms with Gasteiger partial charge in [0.05, 0.1) is 0 Å². The van der Waals surface area contributed by atoms with Crippen molar-refractivity contribution in [2.24, 2.45) is 0 Å². The molecular formula is C17H14N8O. The summed E-state index contributed by atoms with van der Waals surface area (Å²) in [5, 5.41) is 11.1. The summed E-state index contributed by atoms with van der Waals surface area (Å²) < 4.78 is 3.16. The van der Waals surface area contributed by atoms with Gasteiger partial charge in [-0.2, -0.15) is 10.2 Å². The van der Waals surface area contributed by atoms with Crippen LogP contribution in [-0.2, 0) is 6.54 Å². The highest BCUT2D eigenvalue weighted by atomic mass is 16.1. The smallest absolute Gasteiger partial charge is 0.251 e. The third-order valence-electron chi connectivity index (χ3n) is 3.66. The molecule has 0 saturated heterocycles. The number of carbonyl (C=O) groups is 1. The van der Waals surface area contributed by atoms with Gasteiger partial charge in [-0.25, -0.2) is 24.3 Å². The molecule has 0 aromatic carbocycles. The molecule has 0 fully saturated rings. The fraction of sp³-hybridized carbons (Fsp3) is 0.0588. The Morgan fingerprint density at radius 3 is 2.62 bits per heavy atom. The molecule has 0 aliphatic carbocycles. The van der Waals surface area contributed by atoms with Gasteiger partial charge in [0.2, 0.25) is 0 Å². The molecule has 128 valence electrons. The predicted molar refractivity (Wildman–Crippen MR) is 91.7 cm³/mol. The van der Waals surface area contributed by atoms with Crippen molar-refractivity contribution in [3.05, 3.63) is 78.9 Å². The number of rotatable bonds is 5. The van der Waals surface area contributed by atoms with Crippen molar-refractivity contribution in [1.29, 1.82) is 0 Å². The van der Waals surface area contributed by atoms with Crippen molar-refractivity contribution in [2.75, 3.05) is 0 Å². The summed E-state index contributed by atoms with van der Waals surface area (Å²) in [6.45, 7) is 0.372. The van der Waals surface area contributed by atoms with E-state index >= 15 is 0 Å². The first kappa shape index (κ1) is 15.6. The molecule has 1 amide bonds. The van der Waals surface area contributed by atoms with E-state index in [4.69, 9.17) is 0 Å². The molecule has 4 aromatic heterocycles. The number of nitrogens with zero attached hydrogens (tertiary/aromatic N) is 7. The summed E-state index contributed by atoms with van der Waals surface area (Å²) in [6.07, 6.45) is 9.69. The van der Waals surface area contributed by atoms with Crippen LogP contribution in [-0.4, -0.2) is 40.4 Å². The van der Waals surface area contributed by atoms with Crippen LogP contribution in [0.5, 0.6) is 0 Å². The molecule has 0 radical (unpaired) electrons. The molecule has 0 unspecified atom stereocenters. The Balaban J connectivity index is 1.46. The van der Waals surface area contributed by atoms with E-state index in [9.17, 15) is 4.79 Å². The molecule has 26 heavy (non-hydrogen) atoms. The average molecular weight is 346 g/mol. The Morgan fingerprint density at radius 2 is 1.85 bits per heavy atom. The Labute approximate surface area is 148 Å². The minimum atomic E-state index is -0.203. The van der Waals surface area contributed by atoms with Crippen LogP contribution in [0.1, 0.15) is 15.9 Å². The maximum Gasteiger partial charge on any atom is 0.251 e. The van der Waals surface area contributed by atoms with E-state index < -0.39 is 0 Å². The van der Waals surface area contributed by atoms with E-state index in [1.807, 2.05) is 24.4 Å². The van der Waals surface area contributed by atoms with E-state index in [-0.39, 0.29) is 5.91 Å². The largest absolute Gasteiger partial charge is 0.348 e. The number of hydrogen-bond donors (Lipinski definition) is 1. The molecule has 1 N–H and O–H groups in total. The first-order valence-electron chi connectivity index (χ1n) is 7.84. The number of amides is 1. The molecule has 9 heteroatoms. The van der Waals surface area contributed by atoms with Crippen LogP contribution in [0.25, 0.3) is 11.6 Å². The van der Waals surface area contributed by atoms with E-state index in [2.05, 4.69) is 30.5 Å². The van der Waals surface area contributed by atoms with Gasteiger partial charge in [-0.3, -0.25) is 4.79 Å². The van der Waals surface area contributed by atoms with Gasteiger partial charge < -0.3 is 5.32 Å². The maximum atomic E-state index is 12.4. The molecule has 0 aliphatic rings. The minimum absolute atomic E-state index is 0.203. The van der Waals surface area contributed by atoms with E-state index in [1.165, 1.54) is 17.3 Å². The lowest BCUT2D eigenvalue weighted by atomic mass is 10.2. The Morgan fingerprint density at radius 1 is 1.00 bits per heavy atom. The van der Waals surface area contributed by atoms with E-state index in [0.717, 1.165) is 5.56 Å². The van der Waals surface area contributed by atoms with Crippen LogP contribution >= 0.6 is 0 Å². The topological polar surface area (TPSA) is 103 Å². The standard InChI is InChI=1S/C17H14N8O/c26-17(14-3-6-20-16(9-14)25-12-18-11-23-25)21-10-13-2-5-19-15(8-13)24-7-1-4-22-24/h1-9,11-12H,10H2,(H,21,26). The van der Waals surface area contributed by atoms with Gasteiger partial charge >= 0.3 is 0 Å². The van der Waals surface area contributed by atoms with Gasteiger partial charge in [-0.05, 0) is 35.9 Å². The normalized spacial score (nSPS) is 10.6. The fourth-order valence-electron chi connectivity index (χ4n) is 2.40. The second kappa shape index (κ2) is 6.93. The molecule has 4 heterocycles. The van der Waals surface area contributed by atoms with Crippen LogP contribution in [0.2, 0.25) is 0 Å². The lowest BCUT2D eigenvalue weighted by molar-refractivity contribution is 0.0950. The molecule has 0 saturated carbocycles. The number of aromatic nitrogens is 7. The van der Waals surface area contributed by atoms with E-state index in [1.54, 1.807) is 35.4 Å². The quantitative estimate of drug-likeness (QED) is 0.582. The van der Waals surface area contributed by atoms with Crippen molar-refractivity contribution in [2.45, 2.75) is 6.54 Å². The highest BCUT2D eigenvalue weighted by molar-refractivity contribution is 5.94. The second-order valence-electron chi connectivity index (χ2n) is 5.40. The van der Waals surface area contributed by atoms with Crippen molar-refractivity contribution >= 4 is 5.91 Å². The molecule has 0 spiro atoms. The molecule has 4 aromatic rings. The molecule has 9 nitrogen and oxygen atoms in total. The number of hydrogen-bond acceptors (Lipinski definition) is 6. The van der Waals surface area contributed by atoms with Crippen molar-refractivity contribution in [3.63, 3.8) is 0 Å². The predicted octanol–water partition coefficient (Wildman–Crippen LogP) is 1.17. The van der Waals surface area contributed by atoms with Gasteiger partial charge in [-0.15, -0.1) is 0 Å². The molecule has 4 rings (SSSR count). The lowest BCUT2D eigenvalue weighted by Gasteiger charge is -2.08. The highest BCUT2D eigenvalue weighted by Gasteiger charge is 2.09. The first-order chi connectivity index (χ1) is 12.8. The highest BCUT2D eigenvalue weighted by Crippen LogP contribution is 2.08. The Hall–Kier alpha value is -3.88. The lowest BCUT2D eigenvalue weighted by Crippen LogP contribution is -2.23. The molecule has 0 aliphatic heterocycles. The molecule has 0 atom stereocenters. The monoisotopic (exact) mass is 346 g/mol. The summed E-state index contributed by atoms with van der Waals surface area (Å²) >= 11 is 0. The van der Waals surface area contributed by atoms with Gasteiger partial charge in [0.15, 0.2) is 11.6 Å². The Bertz CT molecular complexity index is 1010. The van der Waals surface area contributed by atoms with Gasteiger partial charge in [0.25, 0.3) is 5.91 Å². The van der Waals surface area contributed by atoms with Gasteiger partial charge in [0.1, 0.15) is 12.7 Å². The zero-order chi connectivity index (χ0) is 17.8. The zero-order valence-electron chi connectivity index (χ0n) is 13.6. The van der Waals surface area contributed by atoms with Crippen molar-refractivity contribution < 1.29 is 4.79 Å². The summed E-state index contributed by atoms with van der Waals surface area (Å²) in [5.74, 6) is 1.02. The molecular weight excluding hydrogens is 332 g/mol. The van der Waals surface area contributed by atoms with E-state index in [0.29, 0.717) is 23.7 Å². The van der Waals surface area contributed by atoms with Gasteiger partial charge in [0, 0.05) is 36.9 Å². The number of nitrogens with one attached hydrogen (secondary N) is 1. The molecule has 0 bridgehead atoms. The summed E-state index contributed by atoms with van der Waals surface area (Å²) in [4.78, 5) is 24.8. The van der Waals surface area contributed by atoms with Crippen molar-refractivity contribution in [3.8, 4) is 11.6 Å². The third kappa shape index (κ3) is 3.31. The average Bonchev–Trinajstić information content (AvgIpc) is 3.40. The first-order valence-corrected chi connectivity index (χ1v) is 7.84. The van der Waals surface area contributed by atoms with Crippen LogP contribution in [0.15, 0.2) is 67.8 Å². The summed E-state index contributed by atoms with van der Waals surface area (Å²) in [7, 11) is 0. The van der Waals surface area contributed by atoms with Crippen LogP contribution < -0.4 is 5.32 Å². The maximum absolute atomic E-state index is 12.4. The SMILES string of the molecule is O=C(NCc1ccnc(-n2cccn2)c1)c1ccnc(-n2cncn2)c1. The van der Waals surface area contributed by atoms with Crippen LogP contribution in [0, 0.1) is 0 Å². The van der Waals surface area contributed by atoms with Gasteiger partial charge in [-0.1, -0.05) is 0 Å². The summed E-state index contributed by atoms with van der Waals surface area (Å²) in [5.41, 5.74) is 1.41. The third-order valence-corrected chi connectivity index (χ3v) is 3.66. The van der Waals surface area contributed by atoms with Crippen LogP contribution in [0.3, 0.4) is 0 Å². The summed E-state index contributed by atoms with van der Waals surface area (Å²) in [6, 6.07) is 8.86. The fourth-order valence-corrected chi connectivity index (χ4v) is 2.40.